The third-order valence-corrected chi connectivity index (χ3v) is 9.50. The van der Waals surface area contributed by atoms with Crippen molar-refractivity contribution in [2.24, 2.45) is 0 Å². The van der Waals surface area contributed by atoms with E-state index < -0.39 is 0 Å². The molecule has 0 aliphatic rings. The molecular formula is C42H48N10. The molecule has 0 saturated heterocycles. The molecule has 0 unspecified atom stereocenters. The molecule has 3 aromatic carbocycles. The standard InChI is InChI=1S/C42H48N10/c1-3-5-20-37-49-39-33(51(37)27-29-14-9-7-10-15-29)23-35(47-41(39)43)45-25-31-18-13-19-32(22-31)26-46-36-24-34-40(42(44)48-36)50-38(21-6-4-2)52(34)28-30-16-11-8-12-17-30/h7-19,22-24H,3-6,20-21,25-28H2,1-2H3,(H3,43,45,47)(H3,44,46,48). The van der Waals surface area contributed by atoms with Gasteiger partial charge in [0.25, 0.3) is 0 Å². The Labute approximate surface area is 305 Å². The van der Waals surface area contributed by atoms with Crippen LogP contribution in [0.2, 0.25) is 0 Å². The third-order valence-electron chi connectivity index (χ3n) is 9.50. The van der Waals surface area contributed by atoms with Crippen LogP contribution >= 0.6 is 0 Å². The number of benzene rings is 3. The van der Waals surface area contributed by atoms with Gasteiger partial charge in [-0.3, -0.25) is 0 Å². The topological polar surface area (TPSA) is 138 Å². The summed E-state index contributed by atoms with van der Waals surface area (Å²) in [6.07, 6.45) is 6.13. The first-order valence-corrected chi connectivity index (χ1v) is 18.4. The summed E-state index contributed by atoms with van der Waals surface area (Å²) in [5.74, 6) is 4.41. The first-order valence-electron chi connectivity index (χ1n) is 18.4. The molecule has 7 rings (SSSR count). The normalized spacial score (nSPS) is 11.4. The van der Waals surface area contributed by atoms with E-state index in [1.165, 1.54) is 11.1 Å². The van der Waals surface area contributed by atoms with E-state index in [9.17, 15) is 0 Å². The molecule has 266 valence electrons. The summed E-state index contributed by atoms with van der Waals surface area (Å²) in [6, 6.07) is 33.6. The van der Waals surface area contributed by atoms with Gasteiger partial charge >= 0.3 is 0 Å². The van der Waals surface area contributed by atoms with Gasteiger partial charge in [-0.05, 0) is 35.1 Å². The highest BCUT2D eigenvalue weighted by Crippen LogP contribution is 2.28. The second kappa shape index (κ2) is 16.0. The molecule has 4 heterocycles. The number of nitrogens with one attached hydrogen (secondary N) is 2. The molecule has 0 bridgehead atoms. The Bertz CT molecular complexity index is 2100. The van der Waals surface area contributed by atoms with Gasteiger partial charge in [0.15, 0.2) is 11.6 Å². The third kappa shape index (κ3) is 7.86. The Kier molecular flexibility index (Phi) is 10.6. The number of aryl methyl sites for hydroxylation is 2. The quantitative estimate of drug-likeness (QED) is 0.0793. The van der Waals surface area contributed by atoms with Gasteiger partial charge in [0.2, 0.25) is 0 Å². The van der Waals surface area contributed by atoms with E-state index in [4.69, 9.17) is 31.4 Å². The minimum atomic E-state index is 0.439. The average Bonchev–Trinajstić information content (AvgIpc) is 3.70. The smallest absolute Gasteiger partial charge is 0.154 e. The number of unbranched alkanes of at least 4 members (excludes halogenated alkanes) is 2. The van der Waals surface area contributed by atoms with Crippen molar-refractivity contribution in [3.05, 3.63) is 131 Å². The van der Waals surface area contributed by atoms with E-state index in [0.29, 0.717) is 24.7 Å². The Morgan fingerprint density at radius 3 is 1.37 bits per heavy atom. The van der Waals surface area contributed by atoms with Crippen LogP contribution in [0.5, 0.6) is 0 Å². The van der Waals surface area contributed by atoms with E-state index in [0.717, 1.165) is 108 Å². The molecule has 0 aliphatic heterocycles. The number of hydrogen-bond donors (Lipinski definition) is 4. The van der Waals surface area contributed by atoms with Crippen molar-refractivity contribution >= 4 is 45.3 Å². The van der Waals surface area contributed by atoms with Gasteiger partial charge in [0.1, 0.15) is 34.3 Å². The summed E-state index contributed by atoms with van der Waals surface area (Å²) in [6.45, 7) is 7.06. The number of pyridine rings is 2. The SMILES string of the molecule is CCCCc1nc2c(N)nc(NCc3cccc(CNc4cc5c(nc(CCCC)n5Cc5ccccc5)c(N)n4)c3)cc2n1Cc1ccccc1. The Hall–Kier alpha value is -5.90. The van der Waals surface area contributed by atoms with Crippen LogP contribution in [-0.2, 0) is 39.0 Å². The summed E-state index contributed by atoms with van der Waals surface area (Å²) in [5, 5.41) is 7.04. The molecule has 0 atom stereocenters. The number of fused-ring (bicyclic) bond motifs is 2. The fourth-order valence-electron chi connectivity index (χ4n) is 6.74. The molecular weight excluding hydrogens is 645 g/mol. The minimum Gasteiger partial charge on any atom is -0.382 e. The van der Waals surface area contributed by atoms with Gasteiger partial charge in [-0.25, -0.2) is 19.9 Å². The van der Waals surface area contributed by atoms with Crippen molar-refractivity contribution < 1.29 is 0 Å². The molecule has 0 fully saturated rings. The van der Waals surface area contributed by atoms with Crippen LogP contribution in [0.15, 0.2) is 97.1 Å². The lowest BCUT2D eigenvalue weighted by atomic mass is 10.1. The lowest BCUT2D eigenvalue weighted by molar-refractivity contribution is 0.690. The molecule has 0 amide bonds. The van der Waals surface area contributed by atoms with Crippen LogP contribution < -0.4 is 22.1 Å². The Balaban J connectivity index is 1.07. The monoisotopic (exact) mass is 692 g/mol. The second-order valence-corrected chi connectivity index (χ2v) is 13.5. The molecule has 7 aromatic rings. The van der Waals surface area contributed by atoms with Crippen LogP contribution in [-0.4, -0.2) is 29.1 Å². The number of rotatable bonds is 16. The largest absolute Gasteiger partial charge is 0.382 e. The van der Waals surface area contributed by atoms with Gasteiger partial charge in [-0.2, -0.15) is 0 Å². The number of nitrogens with zero attached hydrogens (tertiary/aromatic N) is 6. The van der Waals surface area contributed by atoms with Crippen LogP contribution in [0.3, 0.4) is 0 Å². The second-order valence-electron chi connectivity index (χ2n) is 13.5. The van der Waals surface area contributed by atoms with Crippen molar-refractivity contribution in [3.63, 3.8) is 0 Å². The molecule has 6 N–H and O–H groups in total. The van der Waals surface area contributed by atoms with E-state index in [1.54, 1.807) is 0 Å². The maximum atomic E-state index is 6.51. The summed E-state index contributed by atoms with van der Waals surface area (Å²) in [4.78, 5) is 19.3. The molecule has 0 aliphatic carbocycles. The van der Waals surface area contributed by atoms with E-state index in [1.807, 2.05) is 12.1 Å². The Morgan fingerprint density at radius 2 is 0.942 bits per heavy atom. The summed E-state index contributed by atoms with van der Waals surface area (Å²) < 4.78 is 4.57. The molecule has 0 saturated carbocycles. The van der Waals surface area contributed by atoms with E-state index in [-0.39, 0.29) is 0 Å². The highest BCUT2D eigenvalue weighted by Gasteiger charge is 2.17. The van der Waals surface area contributed by atoms with Crippen LogP contribution in [0, 0.1) is 0 Å². The zero-order chi connectivity index (χ0) is 35.9. The van der Waals surface area contributed by atoms with Gasteiger partial charge in [-0.15, -0.1) is 0 Å². The zero-order valence-electron chi connectivity index (χ0n) is 30.1. The van der Waals surface area contributed by atoms with Crippen LogP contribution in [0.4, 0.5) is 23.3 Å². The van der Waals surface area contributed by atoms with Crippen LogP contribution in [0.25, 0.3) is 22.1 Å². The van der Waals surface area contributed by atoms with Crippen LogP contribution in [0.1, 0.15) is 73.4 Å². The number of aromatic nitrogens is 6. The number of imidazole rings is 2. The predicted octanol–water partition coefficient (Wildman–Crippen LogP) is 8.35. The predicted molar refractivity (Wildman–Crippen MR) is 213 cm³/mol. The van der Waals surface area contributed by atoms with Crippen molar-refractivity contribution in [2.45, 2.75) is 78.6 Å². The molecule has 10 heteroatoms. The van der Waals surface area contributed by atoms with Crippen molar-refractivity contribution in [1.29, 1.82) is 0 Å². The van der Waals surface area contributed by atoms with E-state index in [2.05, 4.69) is 119 Å². The molecule has 4 aromatic heterocycles. The van der Waals surface area contributed by atoms with Crippen molar-refractivity contribution in [3.8, 4) is 0 Å². The lowest BCUT2D eigenvalue weighted by Gasteiger charge is -2.12. The van der Waals surface area contributed by atoms with Crippen molar-refractivity contribution in [2.75, 3.05) is 22.1 Å². The number of nitrogen functional groups attached to an aromatic ring is 2. The number of hydrogen-bond acceptors (Lipinski definition) is 8. The highest BCUT2D eigenvalue weighted by atomic mass is 15.1. The summed E-state index contributed by atoms with van der Waals surface area (Å²) in [7, 11) is 0. The maximum absolute atomic E-state index is 6.51. The average molecular weight is 693 g/mol. The first kappa shape index (κ1) is 34.5. The fourth-order valence-corrected chi connectivity index (χ4v) is 6.74. The molecule has 10 nitrogen and oxygen atoms in total. The minimum absolute atomic E-state index is 0.439. The fraction of sp³-hybridized carbons (Fsp3) is 0.286. The number of nitrogens with two attached hydrogens (primary N) is 2. The first-order chi connectivity index (χ1) is 25.5. The number of anilines is 4. The van der Waals surface area contributed by atoms with Gasteiger partial charge in [0, 0.05) is 51.2 Å². The van der Waals surface area contributed by atoms with Gasteiger partial charge in [-0.1, -0.05) is 112 Å². The van der Waals surface area contributed by atoms with Crippen molar-refractivity contribution in [1.82, 2.24) is 29.1 Å². The lowest BCUT2D eigenvalue weighted by Crippen LogP contribution is -2.08. The highest BCUT2D eigenvalue weighted by molar-refractivity contribution is 5.89. The molecule has 52 heavy (non-hydrogen) atoms. The molecule has 0 radical (unpaired) electrons. The molecule has 0 spiro atoms. The zero-order valence-corrected chi connectivity index (χ0v) is 30.1. The summed E-state index contributed by atoms with van der Waals surface area (Å²) >= 11 is 0. The van der Waals surface area contributed by atoms with Gasteiger partial charge in [0.05, 0.1) is 11.0 Å². The van der Waals surface area contributed by atoms with Gasteiger partial charge < -0.3 is 31.2 Å². The summed E-state index contributed by atoms with van der Waals surface area (Å²) in [5.41, 5.74) is 21.2. The maximum Gasteiger partial charge on any atom is 0.154 e. The Morgan fingerprint density at radius 1 is 0.519 bits per heavy atom. The van der Waals surface area contributed by atoms with E-state index >= 15 is 0 Å².